The monoisotopic (exact) mass is 602 g/mol. The second-order valence-electron chi connectivity index (χ2n) is 10.0. The van der Waals surface area contributed by atoms with Gasteiger partial charge in [-0.25, -0.2) is 8.78 Å². The molecule has 2 aromatic rings. The van der Waals surface area contributed by atoms with Gasteiger partial charge in [-0.2, -0.15) is 13.2 Å². The summed E-state index contributed by atoms with van der Waals surface area (Å²) in [6, 6.07) is 7.07. The van der Waals surface area contributed by atoms with Crippen LogP contribution in [-0.4, -0.2) is 93.2 Å². The quantitative estimate of drug-likeness (QED) is 0.382. The molecule has 8 nitrogen and oxygen atoms in total. The van der Waals surface area contributed by atoms with Gasteiger partial charge >= 0.3 is 6.18 Å². The number of carbonyl (C=O) groups is 2. The molecule has 4 rings (SSSR count). The first-order valence-electron chi connectivity index (χ1n) is 13.3. The molecule has 2 amide bonds. The van der Waals surface area contributed by atoms with Crippen LogP contribution >= 0.6 is 11.6 Å². The highest BCUT2D eigenvalue weighted by molar-refractivity contribution is 6.31. The summed E-state index contributed by atoms with van der Waals surface area (Å²) < 4.78 is 67.5. The lowest BCUT2D eigenvalue weighted by molar-refractivity contribution is -0.138. The Balaban J connectivity index is 1.38. The molecule has 2 aliphatic rings. The molecule has 0 spiro atoms. The van der Waals surface area contributed by atoms with E-state index in [2.05, 4.69) is 16.0 Å². The Morgan fingerprint density at radius 2 is 1.63 bits per heavy atom. The van der Waals surface area contributed by atoms with Crippen LogP contribution in [-0.2, 0) is 11.3 Å². The Kier molecular flexibility index (Phi) is 10.4. The van der Waals surface area contributed by atoms with Crippen LogP contribution in [0.1, 0.15) is 22.3 Å². The third kappa shape index (κ3) is 8.74. The zero-order valence-corrected chi connectivity index (χ0v) is 23.1. The maximum absolute atomic E-state index is 15.0. The van der Waals surface area contributed by atoms with E-state index in [1.54, 1.807) is 11.0 Å². The van der Waals surface area contributed by atoms with E-state index in [-0.39, 0.29) is 31.1 Å². The summed E-state index contributed by atoms with van der Waals surface area (Å²) in [7, 11) is 0. The van der Waals surface area contributed by atoms with Crippen molar-refractivity contribution in [1.29, 1.82) is 0 Å². The highest BCUT2D eigenvalue weighted by Crippen LogP contribution is 2.31. The summed E-state index contributed by atoms with van der Waals surface area (Å²) in [5, 5.41) is 8.74. The topological polar surface area (TPSA) is 79.9 Å². The third-order valence-corrected chi connectivity index (χ3v) is 7.33. The Labute approximate surface area is 239 Å². The van der Waals surface area contributed by atoms with Gasteiger partial charge in [0.15, 0.2) is 11.6 Å². The number of nitrogens with zero attached hydrogens (tertiary/aromatic N) is 3. The molecule has 3 N–H and O–H groups in total. The van der Waals surface area contributed by atoms with E-state index < -0.39 is 35.7 Å². The van der Waals surface area contributed by atoms with Crippen molar-refractivity contribution in [3.05, 3.63) is 58.1 Å². The molecule has 0 unspecified atom stereocenters. The Morgan fingerprint density at radius 3 is 2.32 bits per heavy atom. The molecule has 2 aliphatic heterocycles. The molecular weight excluding hydrogens is 571 g/mol. The molecule has 2 heterocycles. The van der Waals surface area contributed by atoms with Crippen molar-refractivity contribution in [1.82, 2.24) is 20.4 Å². The number of benzene rings is 2. The molecule has 0 bridgehead atoms. The van der Waals surface area contributed by atoms with E-state index in [1.807, 2.05) is 9.80 Å². The number of alkyl halides is 3. The largest absolute Gasteiger partial charge is 0.390 e. The average Bonchev–Trinajstić information content (AvgIpc) is 2.94. The van der Waals surface area contributed by atoms with Crippen molar-refractivity contribution in [2.45, 2.75) is 19.1 Å². The van der Waals surface area contributed by atoms with E-state index in [9.17, 15) is 31.5 Å². The van der Waals surface area contributed by atoms with Gasteiger partial charge < -0.3 is 20.9 Å². The van der Waals surface area contributed by atoms with Crippen molar-refractivity contribution < 1.29 is 31.5 Å². The number of amides is 2. The molecular formula is C27H32ClF5N6O2. The number of hydrogen-bond donors (Lipinski definition) is 3. The van der Waals surface area contributed by atoms with Crippen molar-refractivity contribution in [2.24, 2.45) is 0 Å². The van der Waals surface area contributed by atoms with E-state index >= 15 is 0 Å². The summed E-state index contributed by atoms with van der Waals surface area (Å²) in [4.78, 5) is 30.7. The number of rotatable bonds is 9. The molecule has 14 heteroatoms. The van der Waals surface area contributed by atoms with Crippen LogP contribution in [0.3, 0.4) is 0 Å². The van der Waals surface area contributed by atoms with Crippen LogP contribution in [0.4, 0.5) is 33.3 Å². The average molecular weight is 603 g/mol. The van der Waals surface area contributed by atoms with Gasteiger partial charge in [0.1, 0.15) is 0 Å². The van der Waals surface area contributed by atoms with Crippen molar-refractivity contribution in [3.63, 3.8) is 0 Å². The second-order valence-corrected chi connectivity index (χ2v) is 10.4. The Morgan fingerprint density at radius 1 is 0.927 bits per heavy atom. The van der Waals surface area contributed by atoms with Gasteiger partial charge in [0, 0.05) is 76.0 Å². The van der Waals surface area contributed by atoms with Crippen LogP contribution in [0, 0.1) is 11.6 Å². The summed E-state index contributed by atoms with van der Waals surface area (Å²) >= 11 is 6.17. The smallest absolute Gasteiger partial charge is 0.367 e. The lowest BCUT2D eigenvalue weighted by Crippen LogP contribution is -2.47. The maximum Gasteiger partial charge on any atom is 0.390 e. The van der Waals surface area contributed by atoms with Crippen LogP contribution in [0.2, 0.25) is 5.02 Å². The molecule has 0 aromatic heterocycles. The van der Waals surface area contributed by atoms with Crippen LogP contribution in [0.25, 0.3) is 0 Å². The molecule has 2 fully saturated rings. The van der Waals surface area contributed by atoms with Gasteiger partial charge in [-0.1, -0.05) is 17.7 Å². The standard InChI is InChI=1S/C27H32ClF5N6O2/c28-19-2-4-21(22(15-19)39-13-11-37(12-14-39)8-5-27(31,32)33)36-26(41)20-3-1-18(24(29)25(20)30)16-35-23(40)17-38-9-6-34-7-10-38/h1-4,15,34H,5-14,16-17H2,(H,35,40)(H,36,41). The number of anilines is 2. The molecule has 2 aromatic carbocycles. The summed E-state index contributed by atoms with van der Waals surface area (Å²) in [5.41, 5.74) is 0.206. The fourth-order valence-corrected chi connectivity index (χ4v) is 4.95. The van der Waals surface area contributed by atoms with Gasteiger partial charge in [0.05, 0.1) is 29.9 Å². The second kappa shape index (κ2) is 13.8. The Hall–Kier alpha value is -3.00. The van der Waals surface area contributed by atoms with Gasteiger partial charge in [-0.3, -0.25) is 19.4 Å². The number of carbonyl (C=O) groups excluding carboxylic acids is 2. The van der Waals surface area contributed by atoms with Gasteiger partial charge in [0.25, 0.3) is 5.91 Å². The Bertz CT molecular complexity index is 1230. The number of piperazine rings is 2. The minimum atomic E-state index is -4.23. The minimum absolute atomic E-state index is 0.0942. The molecule has 0 saturated carbocycles. The summed E-state index contributed by atoms with van der Waals surface area (Å²) in [5.74, 6) is -3.77. The van der Waals surface area contributed by atoms with Gasteiger partial charge in [-0.05, 0) is 24.3 Å². The molecule has 0 atom stereocenters. The van der Waals surface area contributed by atoms with E-state index in [4.69, 9.17) is 11.6 Å². The number of nitrogens with one attached hydrogen (secondary N) is 3. The zero-order valence-electron chi connectivity index (χ0n) is 22.3. The predicted molar refractivity (Wildman–Crippen MR) is 146 cm³/mol. The first kappa shape index (κ1) is 30.9. The molecule has 0 aliphatic carbocycles. The molecule has 2 saturated heterocycles. The highest BCUT2D eigenvalue weighted by atomic mass is 35.5. The predicted octanol–water partition coefficient (Wildman–Crippen LogP) is 3.47. The van der Waals surface area contributed by atoms with E-state index in [1.165, 1.54) is 18.2 Å². The van der Waals surface area contributed by atoms with Crippen LogP contribution in [0.15, 0.2) is 30.3 Å². The van der Waals surface area contributed by atoms with E-state index in [0.29, 0.717) is 55.7 Å². The van der Waals surface area contributed by atoms with Gasteiger partial charge in [-0.15, -0.1) is 0 Å². The molecule has 41 heavy (non-hydrogen) atoms. The first-order valence-corrected chi connectivity index (χ1v) is 13.7. The summed E-state index contributed by atoms with van der Waals surface area (Å²) in [6.45, 7) is 4.33. The fraction of sp³-hybridized carbons (Fsp3) is 0.481. The highest BCUT2D eigenvalue weighted by Gasteiger charge is 2.29. The maximum atomic E-state index is 15.0. The summed E-state index contributed by atoms with van der Waals surface area (Å²) in [6.07, 6.45) is -5.12. The SMILES string of the molecule is O=C(CN1CCNCC1)NCc1ccc(C(=O)Nc2ccc(Cl)cc2N2CCN(CCC(F)(F)F)CC2)c(F)c1F. The normalized spacial score (nSPS) is 17.0. The van der Waals surface area contributed by atoms with Crippen molar-refractivity contribution in [2.75, 3.05) is 75.7 Å². The van der Waals surface area contributed by atoms with Crippen LogP contribution in [0.5, 0.6) is 0 Å². The first-order chi connectivity index (χ1) is 19.5. The molecule has 224 valence electrons. The lowest BCUT2D eigenvalue weighted by atomic mass is 10.1. The van der Waals surface area contributed by atoms with Crippen LogP contribution < -0.4 is 20.9 Å². The fourth-order valence-electron chi connectivity index (χ4n) is 4.78. The van der Waals surface area contributed by atoms with Gasteiger partial charge in [0.2, 0.25) is 5.91 Å². The minimum Gasteiger partial charge on any atom is -0.367 e. The zero-order chi connectivity index (χ0) is 29.6. The number of halogens is 6. The number of hydrogen-bond acceptors (Lipinski definition) is 6. The molecule has 0 radical (unpaired) electrons. The lowest BCUT2D eigenvalue weighted by Gasteiger charge is -2.37. The third-order valence-electron chi connectivity index (χ3n) is 7.09. The van der Waals surface area contributed by atoms with Crippen molar-refractivity contribution in [3.8, 4) is 0 Å². The van der Waals surface area contributed by atoms with Crippen molar-refractivity contribution >= 4 is 34.8 Å². The van der Waals surface area contributed by atoms with E-state index in [0.717, 1.165) is 19.2 Å².